The summed E-state index contributed by atoms with van der Waals surface area (Å²) in [5.74, 6) is 0.779. The molecule has 0 aliphatic heterocycles. The van der Waals surface area contributed by atoms with E-state index < -0.39 is 5.41 Å². The molecule has 2 rings (SSSR count). The maximum absolute atomic E-state index is 9.92. The van der Waals surface area contributed by atoms with Gasteiger partial charge in [-0.25, -0.2) is 0 Å². The molecule has 0 radical (unpaired) electrons. The third-order valence-electron chi connectivity index (χ3n) is 3.91. The summed E-state index contributed by atoms with van der Waals surface area (Å²) < 4.78 is 5.24. The molecular weight excluding hydrogens is 264 g/mol. The number of aryl methyl sites for hydroxylation is 1. The number of hydrogen-bond acceptors (Lipinski definition) is 3. The molecule has 0 amide bonds. The van der Waals surface area contributed by atoms with Crippen molar-refractivity contribution in [3.8, 4) is 5.75 Å². The van der Waals surface area contributed by atoms with Crippen LogP contribution in [0.15, 0.2) is 48.5 Å². The topological polar surface area (TPSA) is 49.7 Å². The van der Waals surface area contributed by atoms with Crippen LogP contribution in [0, 0.1) is 6.92 Å². The molecule has 0 bridgehead atoms. The Morgan fingerprint density at radius 2 is 1.71 bits per heavy atom. The molecule has 0 saturated carbocycles. The van der Waals surface area contributed by atoms with Gasteiger partial charge in [-0.3, -0.25) is 0 Å². The lowest BCUT2D eigenvalue weighted by molar-refractivity contribution is 0.116. The molecule has 0 aliphatic carbocycles. The number of hydrogen-bond donors (Lipinski definition) is 2. The minimum absolute atomic E-state index is 0.107. The smallest absolute Gasteiger partial charge is 0.119 e. The van der Waals surface area contributed by atoms with Gasteiger partial charge in [0.25, 0.3) is 0 Å². The van der Waals surface area contributed by atoms with Crippen molar-refractivity contribution >= 4 is 0 Å². The van der Waals surface area contributed by atoms with Crippen LogP contribution in [0.5, 0.6) is 5.75 Å². The van der Waals surface area contributed by atoms with Crippen molar-refractivity contribution in [2.45, 2.75) is 18.8 Å². The van der Waals surface area contributed by atoms with Gasteiger partial charge >= 0.3 is 0 Å². The van der Waals surface area contributed by atoms with Crippen LogP contribution in [0.4, 0.5) is 0 Å². The minimum Gasteiger partial charge on any atom is -0.497 e. The Bertz CT molecular complexity index is 589. The zero-order valence-electron chi connectivity index (χ0n) is 12.5. The molecule has 0 atom stereocenters. The molecule has 0 fully saturated rings. The van der Waals surface area contributed by atoms with Gasteiger partial charge in [0.2, 0.25) is 0 Å². The highest BCUT2D eigenvalue weighted by Crippen LogP contribution is 2.29. The van der Waals surface area contributed by atoms with Gasteiger partial charge in [-0.05, 0) is 36.6 Å². The summed E-state index contributed by atoms with van der Waals surface area (Å²) in [6, 6.07) is 15.7. The van der Waals surface area contributed by atoms with Crippen molar-refractivity contribution in [2.24, 2.45) is 0 Å². The summed E-state index contributed by atoms with van der Waals surface area (Å²) >= 11 is 0. The highest BCUT2D eigenvalue weighted by Gasteiger charge is 2.31. The summed E-state index contributed by atoms with van der Waals surface area (Å²) in [4.78, 5) is 0. The van der Waals surface area contributed by atoms with Gasteiger partial charge in [-0.1, -0.05) is 42.0 Å². The van der Waals surface area contributed by atoms with Gasteiger partial charge in [-0.15, -0.1) is 0 Å². The number of aliphatic hydroxyl groups is 2. The van der Waals surface area contributed by atoms with Crippen LogP contribution in [0.3, 0.4) is 0 Å². The van der Waals surface area contributed by atoms with Crippen molar-refractivity contribution in [3.05, 3.63) is 65.2 Å². The van der Waals surface area contributed by atoms with E-state index in [1.54, 1.807) is 7.11 Å². The lowest BCUT2D eigenvalue weighted by atomic mass is 9.76. The fourth-order valence-electron chi connectivity index (χ4n) is 2.59. The van der Waals surface area contributed by atoms with Crippen LogP contribution < -0.4 is 4.74 Å². The number of benzene rings is 2. The first-order valence-electron chi connectivity index (χ1n) is 7.05. The Kier molecular flexibility index (Phi) is 4.99. The molecule has 21 heavy (non-hydrogen) atoms. The fraction of sp³-hybridized carbons (Fsp3) is 0.333. The first kappa shape index (κ1) is 15.5. The van der Waals surface area contributed by atoms with Crippen LogP contribution in [0.1, 0.15) is 16.7 Å². The molecule has 3 nitrogen and oxygen atoms in total. The van der Waals surface area contributed by atoms with E-state index >= 15 is 0 Å². The summed E-state index contributed by atoms with van der Waals surface area (Å²) in [6.45, 7) is 1.79. The maximum atomic E-state index is 9.92. The maximum Gasteiger partial charge on any atom is 0.119 e. The molecular formula is C18H22O3. The molecule has 2 aromatic rings. The molecule has 0 unspecified atom stereocenters. The van der Waals surface area contributed by atoms with E-state index in [1.165, 1.54) is 0 Å². The third-order valence-corrected chi connectivity index (χ3v) is 3.91. The average Bonchev–Trinajstić information content (AvgIpc) is 2.53. The Morgan fingerprint density at radius 1 is 1.00 bits per heavy atom. The predicted molar refractivity (Wildman–Crippen MR) is 83.7 cm³/mol. The summed E-state index contributed by atoms with van der Waals surface area (Å²) in [5, 5.41) is 19.8. The van der Waals surface area contributed by atoms with E-state index in [0.29, 0.717) is 6.42 Å². The molecule has 0 heterocycles. The largest absolute Gasteiger partial charge is 0.497 e. The lowest BCUT2D eigenvalue weighted by Gasteiger charge is -2.31. The molecule has 0 saturated heterocycles. The Labute approximate surface area is 125 Å². The standard InChI is InChI=1S/C18H22O3/c1-14-5-3-7-16(9-14)18(12-19,13-20)11-15-6-4-8-17(10-15)21-2/h3-10,19-20H,11-13H2,1-2H3. The molecule has 112 valence electrons. The van der Waals surface area contributed by atoms with Gasteiger partial charge in [0.1, 0.15) is 5.75 Å². The Hall–Kier alpha value is -1.84. The van der Waals surface area contributed by atoms with Crippen molar-refractivity contribution in [2.75, 3.05) is 20.3 Å². The first-order valence-corrected chi connectivity index (χ1v) is 7.05. The number of methoxy groups -OCH3 is 1. The summed E-state index contributed by atoms with van der Waals surface area (Å²) in [7, 11) is 1.63. The second-order valence-electron chi connectivity index (χ2n) is 5.49. The normalized spacial score (nSPS) is 11.4. The van der Waals surface area contributed by atoms with Crippen LogP contribution >= 0.6 is 0 Å². The number of aliphatic hydroxyl groups excluding tert-OH is 2. The molecule has 3 heteroatoms. The minimum atomic E-state index is -0.682. The fourth-order valence-corrected chi connectivity index (χ4v) is 2.59. The molecule has 0 aromatic heterocycles. The predicted octanol–water partition coefficient (Wildman–Crippen LogP) is 2.47. The van der Waals surface area contributed by atoms with E-state index in [-0.39, 0.29) is 13.2 Å². The van der Waals surface area contributed by atoms with E-state index in [2.05, 4.69) is 0 Å². The number of rotatable bonds is 6. The molecule has 2 aromatic carbocycles. The lowest BCUT2D eigenvalue weighted by Crippen LogP contribution is -2.37. The van der Waals surface area contributed by atoms with Crippen molar-refractivity contribution < 1.29 is 14.9 Å². The van der Waals surface area contributed by atoms with Gasteiger partial charge in [-0.2, -0.15) is 0 Å². The second kappa shape index (κ2) is 6.74. The highest BCUT2D eigenvalue weighted by atomic mass is 16.5. The van der Waals surface area contributed by atoms with E-state index in [0.717, 1.165) is 22.4 Å². The zero-order valence-corrected chi connectivity index (χ0v) is 12.5. The van der Waals surface area contributed by atoms with Crippen LogP contribution in [-0.4, -0.2) is 30.5 Å². The average molecular weight is 286 g/mol. The molecule has 0 aliphatic rings. The summed E-state index contributed by atoms with van der Waals surface area (Å²) in [5.41, 5.74) is 2.41. The van der Waals surface area contributed by atoms with E-state index in [1.807, 2.05) is 55.5 Å². The van der Waals surface area contributed by atoms with Crippen molar-refractivity contribution in [1.82, 2.24) is 0 Å². The first-order chi connectivity index (χ1) is 10.1. The van der Waals surface area contributed by atoms with E-state index in [9.17, 15) is 10.2 Å². The van der Waals surface area contributed by atoms with Gasteiger partial charge in [0.05, 0.1) is 20.3 Å². The summed E-state index contributed by atoms with van der Waals surface area (Å²) in [6.07, 6.45) is 0.556. The van der Waals surface area contributed by atoms with Gasteiger partial charge < -0.3 is 14.9 Å². The number of ether oxygens (including phenoxy) is 1. The van der Waals surface area contributed by atoms with E-state index in [4.69, 9.17) is 4.74 Å². The van der Waals surface area contributed by atoms with Crippen LogP contribution in [0.2, 0.25) is 0 Å². The zero-order chi connectivity index (χ0) is 15.3. The quantitative estimate of drug-likeness (QED) is 0.857. The highest BCUT2D eigenvalue weighted by molar-refractivity contribution is 5.35. The van der Waals surface area contributed by atoms with Gasteiger partial charge in [0, 0.05) is 5.41 Å². The second-order valence-corrected chi connectivity index (χ2v) is 5.49. The van der Waals surface area contributed by atoms with Crippen molar-refractivity contribution in [3.63, 3.8) is 0 Å². The SMILES string of the molecule is COc1cccc(CC(CO)(CO)c2cccc(C)c2)c1. The third kappa shape index (κ3) is 3.43. The van der Waals surface area contributed by atoms with Crippen LogP contribution in [0.25, 0.3) is 0 Å². The Balaban J connectivity index is 2.38. The molecule has 2 N–H and O–H groups in total. The van der Waals surface area contributed by atoms with Crippen LogP contribution in [-0.2, 0) is 11.8 Å². The van der Waals surface area contributed by atoms with Crippen molar-refractivity contribution in [1.29, 1.82) is 0 Å². The Morgan fingerprint density at radius 3 is 2.33 bits per heavy atom. The van der Waals surface area contributed by atoms with Gasteiger partial charge in [0.15, 0.2) is 0 Å². The monoisotopic (exact) mass is 286 g/mol. The molecule has 0 spiro atoms.